The van der Waals surface area contributed by atoms with E-state index in [0.29, 0.717) is 6.04 Å². The average Bonchev–Trinajstić information content (AvgIpc) is 2.13. The highest BCUT2D eigenvalue weighted by molar-refractivity contribution is 4.96. The van der Waals surface area contributed by atoms with Gasteiger partial charge in [0.15, 0.2) is 0 Å². The second-order valence-electron chi connectivity index (χ2n) is 4.18. The lowest BCUT2D eigenvalue weighted by molar-refractivity contribution is 0.0213. The third-order valence-corrected chi connectivity index (χ3v) is 2.38. The van der Waals surface area contributed by atoms with E-state index in [1.165, 1.54) is 12.0 Å². The first kappa shape index (κ1) is 13.5. The van der Waals surface area contributed by atoms with E-state index < -0.39 is 0 Å². The first-order valence-corrected chi connectivity index (χ1v) is 5.69. The van der Waals surface area contributed by atoms with E-state index in [1.54, 1.807) is 0 Å². The molecule has 0 aliphatic heterocycles. The molecule has 2 nitrogen and oxygen atoms in total. The molecule has 0 aromatic heterocycles. The van der Waals surface area contributed by atoms with Crippen LogP contribution in [-0.2, 0) is 0 Å². The van der Waals surface area contributed by atoms with Gasteiger partial charge in [-0.05, 0) is 33.6 Å². The molecule has 0 N–H and O–H groups in total. The van der Waals surface area contributed by atoms with Gasteiger partial charge in [-0.3, -0.25) is 0 Å². The molecule has 14 heavy (non-hydrogen) atoms. The van der Waals surface area contributed by atoms with Gasteiger partial charge in [0, 0.05) is 25.8 Å². The third kappa shape index (κ3) is 4.66. The lowest BCUT2D eigenvalue weighted by atomic mass is 10.2. The van der Waals surface area contributed by atoms with Crippen molar-refractivity contribution in [2.75, 3.05) is 13.6 Å². The molecule has 0 aromatic carbocycles. The summed E-state index contributed by atoms with van der Waals surface area (Å²) in [5, 5.41) is 4.62. The summed E-state index contributed by atoms with van der Waals surface area (Å²) >= 11 is 0. The SMILES string of the molecule is CCCN(C)N(/C=C(\C)CC)C(C)C. The maximum atomic E-state index is 2.32. The molecule has 0 spiro atoms. The van der Waals surface area contributed by atoms with Gasteiger partial charge in [-0.1, -0.05) is 19.4 Å². The molecule has 2 heteroatoms. The molecule has 0 aliphatic carbocycles. The maximum absolute atomic E-state index is 2.32. The van der Waals surface area contributed by atoms with E-state index in [0.717, 1.165) is 13.0 Å². The molecule has 0 bridgehead atoms. The van der Waals surface area contributed by atoms with Crippen LogP contribution in [0.4, 0.5) is 0 Å². The van der Waals surface area contributed by atoms with Crippen LogP contribution in [0.5, 0.6) is 0 Å². The van der Waals surface area contributed by atoms with Gasteiger partial charge < -0.3 is 5.01 Å². The second kappa shape index (κ2) is 6.88. The molecule has 0 radical (unpaired) electrons. The van der Waals surface area contributed by atoms with Crippen LogP contribution in [0.2, 0.25) is 0 Å². The number of allylic oxidation sites excluding steroid dienone is 1. The molecule has 0 aromatic rings. The van der Waals surface area contributed by atoms with Crippen molar-refractivity contribution in [1.82, 2.24) is 10.0 Å². The highest BCUT2D eigenvalue weighted by Crippen LogP contribution is 2.08. The fourth-order valence-corrected chi connectivity index (χ4v) is 1.40. The van der Waals surface area contributed by atoms with E-state index in [1.807, 2.05) is 0 Å². The normalized spacial score (nSPS) is 12.7. The van der Waals surface area contributed by atoms with E-state index in [-0.39, 0.29) is 0 Å². The van der Waals surface area contributed by atoms with Crippen molar-refractivity contribution in [2.45, 2.75) is 53.5 Å². The van der Waals surface area contributed by atoms with Crippen LogP contribution in [-0.4, -0.2) is 29.7 Å². The summed E-state index contributed by atoms with van der Waals surface area (Å²) in [5.41, 5.74) is 1.43. The minimum absolute atomic E-state index is 0.535. The van der Waals surface area contributed by atoms with Gasteiger partial charge in [0.25, 0.3) is 0 Å². The lowest BCUT2D eigenvalue weighted by Crippen LogP contribution is -2.41. The van der Waals surface area contributed by atoms with E-state index >= 15 is 0 Å². The monoisotopic (exact) mass is 198 g/mol. The van der Waals surface area contributed by atoms with Gasteiger partial charge in [0.2, 0.25) is 0 Å². The van der Waals surface area contributed by atoms with E-state index in [9.17, 15) is 0 Å². The summed E-state index contributed by atoms with van der Waals surface area (Å²) in [7, 11) is 2.16. The Morgan fingerprint density at radius 2 is 1.86 bits per heavy atom. The van der Waals surface area contributed by atoms with E-state index in [4.69, 9.17) is 0 Å². The van der Waals surface area contributed by atoms with Crippen LogP contribution in [0.1, 0.15) is 47.5 Å². The zero-order valence-corrected chi connectivity index (χ0v) is 10.7. The summed E-state index contributed by atoms with van der Waals surface area (Å²) in [6.45, 7) is 12.2. The largest absolute Gasteiger partial charge is 0.311 e. The molecule has 84 valence electrons. The Balaban J connectivity index is 4.43. The number of rotatable bonds is 6. The maximum Gasteiger partial charge on any atom is 0.0394 e. The van der Waals surface area contributed by atoms with E-state index in [2.05, 4.69) is 57.9 Å². The molecule has 0 atom stereocenters. The number of hydrazine groups is 1. The van der Waals surface area contributed by atoms with Crippen LogP contribution >= 0.6 is 0 Å². The highest BCUT2D eigenvalue weighted by Gasteiger charge is 2.09. The Hall–Kier alpha value is -0.500. The molecule has 0 heterocycles. The molecule has 0 amide bonds. The van der Waals surface area contributed by atoms with Crippen molar-refractivity contribution < 1.29 is 0 Å². The summed E-state index contributed by atoms with van der Waals surface area (Å²) in [5.74, 6) is 0. The van der Waals surface area contributed by atoms with Crippen LogP contribution in [0.15, 0.2) is 11.8 Å². The Bertz CT molecular complexity index is 173. The fourth-order valence-electron chi connectivity index (χ4n) is 1.40. The fraction of sp³-hybridized carbons (Fsp3) is 0.833. The van der Waals surface area contributed by atoms with Crippen molar-refractivity contribution in [2.24, 2.45) is 0 Å². The summed E-state index contributed by atoms with van der Waals surface area (Å²) < 4.78 is 0. The molecular formula is C12H26N2. The van der Waals surface area contributed by atoms with Gasteiger partial charge in [0.1, 0.15) is 0 Å². The van der Waals surface area contributed by atoms with Gasteiger partial charge >= 0.3 is 0 Å². The predicted octanol–water partition coefficient (Wildman–Crippen LogP) is 3.27. The van der Waals surface area contributed by atoms with Gasteiger partial charge in [-0.25, -0.2) is 5.01 Å². The summed E-state index contributed by atoms with van der Waals surface area (Å²) in [6, 6.07) is 0.535. The van der Waals surface area contributed by atoms with Crippen molar-refractivity contribution in [3.8, 4) is 0 Å². The smallest absolute Gasteiger partial charge is 0.0394 e. The molecular weight excluding hydrogens is 172 g/mol. The Morgan fingerprint density at radius 1 is 1.29 bits per heavy atom. The topological polar surface area (TPSA) is 6.48 Å². The van der Waals surface area contributed by atoms with Gasteiger partial charge in [-0.2, -0.15) is 0 Å². The molecule has 0 saturated carbocycles. The van der Waals surface area contributed by atoms with Gasteiger partial charge in [-0.15, -0.1) is 0 Å². The average molecular weight is 198 g/mol. The quantitative estimate of drug-likeness (QED) is 0.604. The van der Waals surface area contributed by atoms with Crippen molar-refractivity contribution in [1.29, 1.82) is 0 Å². The number of hydrogen-bond acceptors (Lipinski definition) is 2. The van der Waals surface area contributed by atoms with Crippen LogP contribution in [0, 0.1) is 0 Å². The Morgan fingerprint density at radius 3 is 2.21 bits per heavy atom. The summed E-state index contributed by atoms with van der Waals surface area (Å²) in [6.07, 6.45) is 4.59. The van der Waals surface area contributed by atoms with Crippen molar-refractivity contribution >= 4 is 0 Å². The minimum Gasteiger partial charge on any atom is -0.311 e. The van der Waals surface area contributed by atoms with Crippen molar-refractivity contribution in [3.05, 3.63) is 11.8 Å². The first-order valence-electron chi connectivity index (χ1n) is 5.69. The van der Waals surface area contributed by atoms with Gasteiger partial charge in [0.05, 0.1) is 0 Å². The zero-order valence-electron chi connectivity index (χ0n) is 10.7. The Kier molecular flexibility index (Phi) is 6.64. The molecule has 0 fully saturated rings. The second-order valence-corrected chi connectivity index (χ2v) is 4.18. The minimum atomic E-state index is 0.535. The first-order chi connectivity index (χ1) is 6.52. The van der Waals surface area contributed by atoms with Crippen LogP contribution < -0.4 is 0 Å². The molecule has 0 saturated heterocycles. The highest BCUT2D eigenvalue weighted by atomic mass is 15.6. The van der Waals surface area contributed by atoms with Crippen molar-refractivity contribution in [3.63, 3.8) is 0 Å². The molecule has 0 unspecified atom stereocenters. The standard InChI is InChI=1S/C12H26N2/c1-7-9-13(6)14(11(3)4)10-12(5)8-2/h10-11H,7-9H2,1-6H3/b12-10+. The lowest BCUT2D eigenvalue weighted by Gasteiger charge is -2.34. The number of nitrogens with zero attached hydrogens (tertiary/aromatic N) is 2. The zero-order chi connectivity index (χ0) is 11.1. The Labute approximate surface area is 89.6 Å². The van der Waals surface area contributed by atoms with Crippen LogP contribution in [0.25, 0.3) is 0 Å². The molecule has 0 aliphatic rings. The third-order valence-electron chi connectivity index (χ3n) is 2.38. The summed E-state index contributed by atoms with van der Waals surface area (Å²) in [4.78, 5) is 0. The predicted molar refractivity (Wildman–Crippen MR) is 63.9 cm³/mol. The molecule has 0 rings (SSSR count). The number of hydrogen-bond donors (Lipinski definition) is 0. The van der Waals surface area contributed by atoms with Crippen LogP contribution in [0.3, 0.4) is 0 Å².